The highest BCUT2D eigenvalue weighted by molar-refractivity contribution is 6.47. The zero-order valence-corrected chi connectivity index (χ0v) is 16.5. The molecule has 0 unspecified atom stereocenters. The lowest BCUT2D eigenvalue weighted by molar-refractivity contribution is 0.0324. The van der Waals surface area contributed by atoms with Crippen LogP contribution in [0.2, 0.25) is 5.82 Å². The van der Waals surface area contributed by atoms with Gasteiger partial charge in [0.05, 0.1) is 12.2 Å². The van der Waals surface area contributed by atoms with E-state index in [4.69, 9.17) is 9.31 Å². The van der Waals surface area contributed by atoms with Crippen molar-refractivity contribution in [2.24, 2.45) is 17.8 Å². The van der Waals surface area contributed by atoms with Gasteiger partial charge in [0, 0.05) is 0 Å². The summed E-state index contributed by atoms with van der Waals surface area (Å²) in [5.74, 6) is 2.95. The zero-order chi connectivity index (χ0) is 17.1. The van der Waals surface area contributed by atoms with Crippen LogP contribution in [0.1, 0.15) is 103 Å². The predicted molar refractivity (Wildman–Crippen MR) is 105 cm³/mol. The molecule has 0 aromatic carbocycles. The number of hydrogen-bond donors (Lipinski definition) is 0. The molecule has 3 saturated carbocycles. The summed E-state index contributed by atoms with van der Waals surface area (Å²) in [6.45, 7) is 2.42. The highest BCUT2D eigenvalue weighted by Crippen LogP contribution is 2.44. The van der Waals surface area contributed by atoms with Crippen LogP contribution >= 0.6 is 0 Å². The van der Waals surface area contributed by atoms with Crippen LogP contribution in [0.5, 0.6) is 0 Å². The molecule has 0 aromatic heterocycles. The minimum Gasteiger partial charge on any atom is -0.405 e. The highest BCUT2D eigenvalue weighted by Gasteiger charge is 2.49. The van der Waals surface area contributed by atoms with Crippen LogP contribution in [0.4, 0.5) is 0 Å². The van der Waals surface area contributed by atoms with Crippen LogP contribution < -0.4 is 0 Å². The van der Waals surface area contributed by atoms with E-state index in [2.05, 4.69) is 6.92 Å². The van der Waals surface area contributed by atoms with Gasteiger partial charge in [-0.2, -0.15) is 0 Å². The summed E-state index contributed by atoms with van der Waals surface area (Å²) >= 11 is 0. The molecule has 0 aromatic rings. The van der Waals surface area contributed by atoms with Crippen molar-refractivity contribution in [1.29, 1.82) is 0 Å². The highest BCUT2D eigenvalue weighted by atomic mass is 16.7. The Kier molecular flexibility index (Phi) is 6.45. The Labute approximate surface area is 155 Å². The van der Waals surface area contributed by atoms with Crippen molar-refractivity contribution in [2.45, 2.75) is 121 Å². The Morgan fingerprint density at radius 3 is 1.44 bits per heavy atom. The van der Waals surface area contributed by atoms with Gasteiger partial charge in [-0.05, 0) is 49.3 Å². The normalized spacial score (nSPS) is 35.2. The maximum Gasteiger partial charge on any atom is 0.460 e. The van der Waals surface area contributed by atoms with Crippen LogP contribution in [0, 0.1) is 17.8 Å². The lowest BCUT2D eigenvalue weighted by Crippen LogP contribution is -2.38. The maximum atomic E-state index is 6.76. The molecule has 4 fully saturated rings. The summed E-state index contributed by atoms with van der Waals surface area (Å²) in [5, 5.41) is 0. The average Bonchev–Trinajstić information content (AvgIpc) is 3.15. The van der Waals surface area contributed by atoms with Crippen molar-refractivity contribution in [3.63, 3.8) is 0 Å². The molecule has 0 N–H and O–H groups in total. The summed E-state index contributed by atoms with van der Waals surface area (Å²) < 4.78 is 13.5. The SMILES string of the molecule is C[C@@H](B1O[C@H](C2CCCCC2)[C@@H](C2CCCCC2)O1)C1CCCCC1. The monoisotopic (exact) mass is 346 g/mol. The van der Waals surface area contributed by atoms with Crippen molar-refractivity contribution >= 4 is 7.12 Å². The van der Waals surface area contributed by atoms with Gasteiger partial charge in [-0.15, -0.1) is 0 Å². The molecule has 4 aliphatic rings. The van der Waals surface area contributed by atoms with Gasteiger partial charge in [-0.3, -0.25) is 0 Å². The van der Waals surface area contributed by atoms with Crippen molar-refractivity contribution in [3.05, 3.63) is 0 Å². The molecule has 0 spiro atoms. The van der Waals surface area contributed by atoms with E-state index >= 15 is 0 Å². The Bertz CT molecular complexity index is 371. The lowest BCUT2D eigenvalue weighted by Gasteiger charge is -2.35. The molecule has 142 valence electrons. The van der Waals surface area contributed by atoms with Crippen molar-refractivity contribution < 1.29 is 9.31 Å². The predicted octanol–water partition coefficient (Wildman–Crippen LogP) is 6.39. The van der Waals surface area contributed by atoms with Gasteiger partial charge in [-0.25, -0.2) is 0 Å². The molecule has 3 atom stereocenters. The third-order valence-corrected chi connectivity index (χ3v) is 7.96. The first-order chi connectivity index (χ1) is 12.3. The van der Waals surface area contributed by atoms with E-state index in [1.54, 1.807) is 0 Å². The molecule has 3 aliphatic carbocycles. The van der Waals surface area contributed by atoms with Crippen molar-refractivity contribution in [1.82, 2.24) is 0 Å². The van der Waals surface area contributed by atoms with Crippen molar-refractivity contribution in [2.75, 3.05) is 0 Å². The minimum atomic E-state index is 0.0851. The van der Waals surface area contributed by atoms with Gasteiger partial charge >= 0.3 is 7.12 Å². The minimum absolute atomic E-state index is 0.0851. The van der Waals surface area contributed by atoms with E-state index < -0.39 is 0 Å². The average molecular weight is 346 g/mol. The molecule has 1 heterocycles. The molecule has 4 rings (SSSR count). The summed E-state index contributed by atoms with van der Waals surface area (Å²) in [6.07, 6.45) is 21.9. The Balaban J connectivity index is 1.44. The quantitative estimate of drug-likeness (QED) is 0.549. The molecule has 0 bridgehead atoms. The van der Waals surface area contributed by atoms with Gasteiger partial charge in [0.25, 0.3) is 0 Å². The van der Waals surface area contributed by atoms with Gasteiger partial charge in [0.15, 0.2) is 0 Å². The maximum absolute atomic E-state index is 6.76. The molecule has 2 nitrogen and oxygen atoms in total. The van der Waals surface area contributed by atoms with Crippen LogP contribution in [0.25, 0.3) is 0 Å². The molecule has 3 heteroatoms. The van der Waals surface area contributed by atoms with Gasteiger partial charge < -0.3 is 9.31 Å². The van der Waals surface area contributed by atoms with Crippen molar-refractivity contribution in [3.8, 4) is 0 Å². The summed E-state index contributed by atoms with van der Waals surface area (Å²) in [4.78, 5) is 0. The molecule has 1 saturated heterocycles. The first-order valence-corrected chi connectivity index (χ1v) is 11.6. The number of hydrogen-bond acceptors (Lipinski definition) is 2. The Morgan fingerprint density at radius 1 is 0.600 bits per heavy atom. The van der Waals surface area contributed by atoms with Crippen LogP contribution in [0.3, 0.4) is 0 Å². The first kappa shape index (κ1) is 18.4. The Morgan fingerprint density at radius 2 is 1.00 bits per heavy atom. The zero-order valence-electron chi connectivity index (χ0n) is 16.5. The lowest BCUT2D eigenvalue weighted by atomic mass is 9.62. The third-order valence-electron chi connectivity index (χ3n) is 7.96. The molecule has 1 aliphatic heterocycles. The second-order valence-electron chi connectivity index (χ2n) is 9.62. The van der Waals surface area contributed by atoms with E-state index in [-0.39, 0.29) is 7.12 Å². The van der Waals surface area contributed by atoms with E-state index in [1.807, 2.05) is 0 Å². The smallest absolute Gasteiger partial charge is 0.405 e. The van der Waals surface area contributed by atoms with Gasteiger partial charge in [-0.1, -0.05) is 77.6 Å². The van der Waals surface area contributed by atoms with E-state index in [9.17, 15) is 0 Å². The second kappa shape index (κ2) is 8.78. The summed E-state index contributed by atoms with van der Waals surface area (Å²) in [7, 11) is 0.0851. The fourth-order valence-electron chi connectivity index (χ4n) is 6.31. The van der Waals surface area contributed by atoms with E-state index in [0.717, 1.165) is 17.8 Å². The van der Waals surface area contributed by atoms with E-state index in [0.29, 0.717) is 18.0 Å². The molecule has 25 heavy (non-hydrogen) atoms. The molecule has 0 radical (unpaired) electrons. The fraction of sp³-hybridized carbons (Fsp3) is 1.00. The molecular weight excluding hydrogens is 307 g/mol. The fourth-order valence-corrected chi connectivity index (χ4v) is 6.31. The van der Waals surface area contributed by atoms with Crippen LogP contribution in [-0.2, 0) is 9.31 Å². The largest absolute Gasteiger partial charge is 0.460 e. The summed E-state index contributed by atoms with van der Waals surface area (Å²) in [6, 6.07) is 0. The second-order valence-corrected chi connectivity index (χ2v) is 9.62. The first-order valence-electron chi connectivity index (χ1n) is 11.6. The Hall–Kier alpha value is -0.0151. The van der Waals surface area contributed by atoms with Crippen LogP contribution in [0.15, 0.2) is 0 Å². The van der Waals surface area contributed by atoms with Gasteiger partial charge in [0.2, 0.25) is 0 Å². The molecular formula is C22H39BO2. The molecule has 0 amide bonds. The van der Waals surface area contributed by atoms with Gasteiger partial charge in [0.1, 0.15) is 0 Å². The standard InChI is InChI=1S/C22H39BO2/c1-17(18-11-5-2-6-12-18)23-24-21(19-13-7-3-8-14-19)22(25-23)20-15-9-4-10-16-20/h17-22H,2-16H2,1H3/t17-,21-,22-/m1/s1. The summed E-state index contributed by atoms with van der Waals surface area (Å²) in [5.41, 5.74) is 0. The topological polar surface area (TPSA) is 18.5 Å². The third kappa shape index (κ3) is 4.29. The van der Waals surface area contributed by atoms with Crippen LogP contribution in [-0.4, -0.2) is 19.3 Å². The van der Waals surface area contributed by atoms with E-state index in [1.165, 1.54) is 96.3 Å². The number of rotatable bonds is 4.